The van der Waals surface area contributed by atoms with Crippen molar-refractivity contribution in [3.05, 3.63) is 0 Å². The van der Waals surface area contributed by atoms with Gasteiger partial charge in [-0.3, -0.25) is 9.59 Å². The summed E-state index contributed by atoms with van der Waals surface area (Å²) in [6.07, 6.45) is 0.783. The van der Waals surface area contributed by atoms with Gasteiger partial charge in [0.2, 0.25) is 0 Å². The van der Waals surface area contributed by atoms with Crippen LogP contribution in [0.25, 0.3) is 0 Å². The molecule has 1 aliphatic carbocycles. The van der Waals surface area contributed by atoms with Crippen molar-refractivity contribution in [2.75, 3.05) is 0 Å². The molecule has 0 aromatic rings. The van der Waals surface area contributed by atoms with Crippen molar-refractivity contribution >= 4 is 18.2 Å². The average Bonchev–Trinajstić information content (AvgIpc) is 2.59. The van der Waals surface area contributed by atoms with Crippen LogP contribution >= 0.6 is 0 Å². The SMILES string of the molecule is CC(=O)O[C@@H]1C[C@@H]2OC(=O)C[C@@H]2C1C=O. The van der Waals surface area contributed by atoms with E-state index in [2.05, 4.69) is 0 Å². The minimum absolute atomic E-state index is 0.112. The Labute approximate surface area is 86.7 Å². The fraction of sp³-hybridized carbons (Fsp3) is 0.700. The van der Waals surface area contributed by atoms with Crippen LogP contribution in [0.4, 0.5) is 0 Å². The molecule has 2 fully saturated rings. The maximum Gasteiger partial charge on any atom is 0.306 e. The molecule has 5 nitrogen and oxygen atoms in total. The lowest BCUT2D eigenvalue weighted by Crippen LogP contribution is -2.25. The monoisotopic (exact) mass is 212 g/mol. The van der Waals surface area contributed by atoms with Crippen molar-refractivity contribution in [1.29, 1.82) is 0 Å². The third-order valence-electron chi connectivity index (χ3n) is 3.03. The average molecular weight is 212 g/mol. The van der Waals surface area contributed by atoms with Gasteiger partial charge in [0.05, 0.1) is 12.3 Å². The van der Waals surface area contributed by atoms with E-state index in [0.717, 1.165) is 6.29 Å². The largest absolute Gasteiger partial charge is 0.462 e. The van der Waals surface area contributed by atoms with Crippen molar-refractivity contribution in [1.82, 2.24) is 0 Å². The van der Waals surface area contributed by atoms with Crippen molar-refractivity contribution in [2.45, 2.75) is 32.0 Å². The summed E-state index contributed by atoms with van der Waals surface area (Å²) < 4.78 is 10.1. The molecule has 1 heterocycles. The number of esters is 2. The third kappa shape index (κ3) is 1.73. The van der Waals surface area contributed by atoms with Crippen molar-refractivity contribution in [2.24, 2.45) is 11.8 Å². The van der Waals surface area contributed by atoms with Gasteiger partial charge in [0.1, 0.15) is 18.5 Å². The standard InChI is InChI=1S/C10H12O5/c1-5(12)14-9-3-8-6(7(9)4-11)2-10(13)15-8/h4,6-9H,2-3H2,1H3/t6-,7?,8+,9-/m1/s1. The van der Waals surface area contributed by atoms with Gasteiger partial charge >= 0.3 is 11.9 Å². The van der Waals surface area contributed by atoms with Crippen LogP contribution in [0.1, 0.15) is 19.8 Å². The smallest absolute Gasteiger partial charge is 0.306 e. The molecule has 0 spiro atoms. The van der Waals surface area contributed by atoms with Gasteiger partial charge in [0, 0.05) is 19.3 Å². The highest BCUT2D eigenvalue weighted by atomic mass is 16.6. The predicted octanol–water partition coefficient (Wildman–Crippen LogP) is 0.0686. The third-order valence-corrected chi connectivity index (χ3v) is 3.03. The molecule has 1 saturated heterocycles. The van der Waals surface area contributed by atoms with Crippen LogP contribution in [0.15, 0.2) is 0 Å². The van der Waals surface area contributed by atoms with E-state index in [9.17, 15) is 14.4 Å². The molecule has 1 aliphatic heterocycles. The molecule has 1 unspecified atom stereocenters. The van der Waals surface area contributed by atoms with Crippen molar-refractivity contribution in [3.63, 3.8) is 0 Å². The van der Waals surface area contributed by atoms with Gasteiger partial charge in [0.15, 0.2) is 0 Å². The summed E-state index contributed by atoms with van der Waals surface area (Å²) in [6, 6.07) is 0. The predicted molar refractivity (Wildman–Crippen MR) is 47.7 cm³/mol. The minimum Gasteiger partial charge on any atom is -0.462 e. The first-order valence-corrected chi connectivity index (χ1v) is 4.94. The van der Waals surface area contributed by atoms with E-state index in [0.29, 0.717) is 6.42 Å². The summed E-state index contributed by atoms with van der Waals surface area (Å²) in [5.74, 6) is -1.18. The zero-order valence-electron chi connectivity index (χ0n) is 8.34. The van der Waals surface area contributed by atoms with E-state index in [1.165, 1.54) is 6.92 Å². The normalized spacial score (nSPS) is 38.3. The second-order valence-electron chi connectivity index (χ2n) is 3.99. The Bertz CT molecular complexity index is 311. The second kappa shape index (κ2) is 3.64. The summed E-state index contributed by atoms with van der Waals surface area (Å²) in [5, 5.41) is 0. The van der Waals surface area contributed by atoms with E-state index in [1.807, 2.05) is 0 Å². The Morgan fingerprint density at radius 2 is 2.33 bits per heavy atom. The summed E-state index contributed by atoms with van der Waals surface area (Å²) in [4.78, 5) is 32.7. The quantitative estimate of drug-likeness (QED) is 0.478. The van der Waals surface area contributed by atoms with Gasteiger partial charge in [-0.15, -0.1) is 0 Å². The number of hydrogen-bond donors (Lipinski definition) is 0. The highest BCUT2D eigenvalue weighted by Crippen LogP contribution is 2.41. The van der Waals surface area contributed by atoms with E-state index >= 15 is 0 Å². The van der Waals surface area contributed by atoms with Crippen LogP contribution in [-0.2, 0) is 23.9 Å². The molecule has 0 aromatic carbocycles. The number of carbonyl (C=O) groups is 3. The molecule has 82 valence electrons. The highest BCUT2D eigenvalue weighted by molar-refractivity contribution is 5.74. The fourth-order valence-electron chi connectivity index (χ4n) is 2.43. The van der Waals surface area contributed by atoms with Gasteiger partial charge in [-0.2, -0.15) is 0 Å². The Morgan fingerprint density at radius 1 is 1.60 bits per heavy atom. The van der Waals surface area contributed by atoms with Gasteiger partial charge in [-0.25, -0.2) is 0 Å². The Morgan fingerprint density at radius 3 is 2.93 bits per heavy atom. The molecule has 4 atom stereocenters. The summed E-state index contributed by atoms with van der Waals surface area (Å²) in [7, 11) is 0. The zero-order valence-corrected chi connectivity index (χ0v) is 8.34. The number of ether oxygens (including phenoxy) is 2. The van der Waals surface area contributed by atoms with E-state index in [-0.39, 0.29) is 24.4 Å². The molecule has 15 heavy (non-hydrogen) atoms. The Kier molecular flexibility index (Phi) is 2.46. The number of aldehydes is 1. The number of carbonyl (C=O) groups excluding carboxylic acids is 3. The van der Waals surface area contributed by atoms with Gasteiger partial charge in [0.25, 0.3) is 0 Å². The number of hydrogen-bond acceptors (Lipinski definition) is 5. The van der Waals surface area contributed by atoms with Gasteiger partial charge in [-0.05, 0) is 0 Å². The molecular weight excluding hydrogens is 200 g/mol. The first-order valence-electron chi connectivity index (χ1n) is 4.94. The van der Waals surface area contributed by atoms with Crippen molar-refractivity contribution < 1.29 is 23.9 Å². The van der Waals surface area contributed by atoms with Crippen LogP contribution in [-0.4, -0.2) is 30.4 Å². The maximum atomic E-state index is 11.0. The van der Waals surface area contributed by atoms with Crippen LogP contribution in [0.3, 0.4) is 0 Å². The first-order chi connectivity index (χ1) is 7.11. The minimum atomic E-state index is -0.428. The molecule has 0 amide bonds. The Balaban J connectivity index is 2.09. The lowest BCUT2D eigenvalue weighted by atomic mass is 9.94. The molecule has 2 rings (SSSR count). The molecule has 0 N–H and O–H groups in total. The Hall–Kier alpha value is -1.39. The molecule has 0 radical (unpaired) electrons. The summed E-state index contributed by atoms with van der Waals surface area (Å²) in [5.41, 5.74) is 0. The van der Waals surface area contributed by atoms with E-state index in [4.69, 9.17) is 9.47 Å². The van der Waals surface area contributed by atoms with E-state index < -0.39 is 18.0 Å². The van der Waals surface area contributed by atoms with Gasteiger partial charge in [-0.1, -0.05) is 0 Å². The highest BCUT2D eigenvalue weighted by Gasteiger charge is 2.51. The summed E-state index contributed by atoms with van der Waals surface area (Å²) in [6.45, 7) is 1.31. The zero-order chi connectivity index (χ0) is 11.0. The molecule has 1 saturated carbocycles. The molecular formula is C10H12O5. The van der Waals surface area contributed by atoms with Crippen LogP contribution in [0.2, 0.25) is 0 Å². The van der Waals surface area contributed by atoms with Crippen LogP contribution in [0.5, 0.6) is 0 Å². The van der Waals surface area contributed by atoms with Gasteiger partial charge < -0.3 is 14.3 Å². The topological polar surface area (TPSA) is 69.7 Å². The van der Waals surface area contributed by atoms with Crippen LogP contribution in [0, 0.1) is 11.8 Å². The van der Waals surface area contributed by atoms with E-state index in [1.54, 1.807) is 0 Å². The van der Waals surface area contributed by atoms with Crippen LogP contribution < -0.4 is 0 Å². The summed E-state index contributed by atoms with van der Waals surface area (Å²) >= 11 is 0. The lowest BCUT2D eigenvalue weighted by Gasteiger charge is -2.16. The maximum absolute atomic E-state index is 11.0. The second-order valence-corrected chi connectivity index (χ2v) is 3.99. The number of fused-ring (bicyclic) bond motifs is 1. The number of rotatable bonds is 2. The molecule has 0 aromatic heterocycles. The molecule has 5 heteroatoms. The molecule has 0 bridgehead atoms. The first kappa shape index (κ1) is 10.1. The fourth-order valence-corrected chi connectivity index (χ4v) is 2.43. The molecule has 2 aliphatic rings. The van der Waals surface area contributed by atoms with Crippen molar-refractivity contribution in [3.8, 4) is 0 Å². The lowest BCUT2D eigenvalue weighted by molar-refractivity contribution is -0.150.